The van der Waals surface area contributed by atoms with Crippen molar-refractivity contribution in [3.05, 3.63) is 48.0 Å². The Morgan fingerprint density at radius 2 is 1.75 bits per heavy atom. The van der Waals surface area contributed by atoms with Crippen LogP contribution in [0.1, 0.15) is 23.2 Å². The van der Waals surface area contributed by atoms with Gasteiger partial charge in [-0.05, 0) is 43.3 Å². The van der Waals surface area contributed by atoms with Crippen molar-refractivity contribution in [3.8, 4) is 0 Å². The molecule has 24 heavy (non-hydrogen) atoms. The smallest absolute Gasteiger partial charge is 0.251 e. The van der Waals surface area contributed by atoms with Gasteiger partial charge in [0.05, 0.1) is 0 Å². The molecule has 0 radical (unpaired) electrons. The summed E-state index contributed by atoms with van der Waals surface area (Å²) >= 11 is 0. The minimum absolute atomic E-state index is 0.0337. The van der Waals surface area contributed by atoms with Crippen LogP contribution in [0, 0.1) is 0 Å². The Kier molecular flexibility index (Phi) is 5.83. The van der Waals surface area contributed by atoms with Crippen molar-refractivity contribution in [1.82, 2.24) is 15.1 Å². The molecule has 1 saturated heterocycles. The van der Waals surface area contributed by atoms with E-state index in [9.17, 15) is 4.79 Å². The molecule has 1 N–H and O–H groups in total. The predicted molar refractivity (Wildman–Crippen MR) is 99.5 cm³/mol. The predicted octanol–water partition coefficient (Wildman–Crippen LogP) is 2.60. The van der Waals surface area contributed by atoms with Crippen molar-refractivity contribution in [2.45, 2.75) is 12.8 Å². The third kappa shape index (κ3) is 4.34. The first-order valence-electron chi connectivity index (χ1n) is 8.91. The normalized spacial score (nSPS) is 16.4. The van der Waals surface area contributed by atoms with E-state index in [2.05, 4.69) is 22.2 Å². The molecule has 0 aliphatic carbocycles. The fourth-order valence-electron chi connectivity index (χ4n) is 3.25. The van der Waals surface area contributed by atoms with E-state index in [-0.39, 0.29) is 5.91 Å². The number of carbonyl (C=O) groups is 1. The number of carbonyl (C=O) groups excluding carboxylic acids is 1. The molecule has 1 amide bonds. The number of rotatable bonds is 6. The number of unbranched alkanes of at least 4 members (excludes halogenated alkanes) is 1. The number of benzene rings is 2. The monoisotopic (exact) mass is 325 g/mol. The molecule has 0 saturated carbocycles. The van der Waals surface area contributed by atoms with Gasteiger partial charge < -0.3 is 15.1 Å². The molecule has 0 bridgehead atoms. The highest BCUT2D eigenvalue weighted by Gasteiger charge is 2.13. The number of amides is 1. The van der Waals surface area contributed by atoms with Gasteiger partial charge in [-0.3, -0.25) is 4.79 Å². The minimum Gasteiger partial charge on any atom is -0.352 e. The first kappa shape index (κ1) is 16.9. The van der Waals surface area contributed by atoms with Gasteiger partial charge in [-0.1, -0.05) is 36.4 Å². The van der Waals surface area contributed by atoms with Crippen molar-refractivity contribution in [2.24, 2.45) is 0 Å². The molecule has 0 spiro atoms. The second-order valence-electron chi connectivity index (χ2n) is 6.63. The Hall–Kier alpha value is -1.91. The Balaban J connectivity index is 1.42. The molecule has 3 rings (SSSR count). The van der Waals surface area contributed by atoms with Gasteiger partial charge in [-0.15, -0.1) is 0 Å². The second kappa shape index (κ2) is 8.27. The first-order valence-corrected chi connectivity index (χ1v) is 8.91. The van der Waals surface area contributed by atoms with Gasteiger partial charge in [-0.2, -0.15) is 0 Å². The van der Waals surface area contributed by atoms with E-state index in [4.69, 9.17) is 0 Å². The average molecular weight is 325 g/mol. The van der Waals surface area contributed by atoms with Gasteiger partial charge in [0, 0.05) is 38.3 Å². The third-order valence-electron chi connectivity index (χ3n) is 4.82. The SMILES string of the molecule is CN1CCN(CCCCNC(=O)c2cccc3ccccc23)CC1. The molecule has 0 aromatic heterocycles. The van der Waals surface area contributed by atoms with Gasteiger partial charge in [0.25, 0.3) is 5.91 Å². The van der Waals surface area contributed by atoms with Crippen LogP contribution in [-0.2, 0) is 0 Å². The summed E-state index contributed by atoms with van der Waals surface area (Å²) < 4.78 is 0. The Bertz CT molecular complexity index is 672. The van der Waals surface area contributed by atoms with Gasteiger partial charge in [0.1, 0.15) is 0 Å². The lowest BCUT2D eigenvalue weighted by Crippen LogP contribution is -2.44. The lowest BCUT2D eigenvalue weighted by atomic mass is 10.0. The maximum Gasteiger partial charge on any atom is 0.251 e. The number of hydrogen-bond acceptors (Lipinski definition) is 3. The fourth-order valence-corrected chi connectivity index (χ4v) is 3.25. The minimum atomic E-state index is 0.0337. The van der Waals surface area contributed by atoms with Crippen LogP contribution in [0.3, 0.4) is 0 Å². The highest BCUT2D eigenvalue weighted by atomic mass is 16.1. The molecule has 4 heteroatoms. The zero-order valence-corrected chi connectivity index (χ0v) is 14.5. The average Bonchev–Trinajstić information content (AvgIpc) is 2.62. The topological polar surface area (TPSA) is 35.6 Å². The van der Waals surface area contributed by atoms with Crippen molar-refractivity contribution in [3.63, 3.8) is 0 Å². The van der Waals surface area contributed by atoms with Crippen LogP contribution >= 0.6 is 0 Å². The summed E-state index contributed by atoms with van der Waals surface area (Å²) in [5.41, 5.74) is 0.771. The number of piperazine rings is 1. The third-order valence-corrected chi connectivity index (χ3v) is 4.82. The zero-order valence-electron chi connectivity index (χ0n) is 14.5. The molecule has 128 valence electrons. The number of hydrogen-bond donors (Lipinski definition) is 1. The second-order valence-corrected chi connectivity index (χ2v) is 6.63. The maximum atomic E-state index is 12.4. The molecular weight excluding hydrogens is 298 g/mol. The molecule has 1 fully saturated rings. The number of likely N-dealkylation sites (N-methyl/N-ethyl adjacent to an activating group) is 1. The molecule has 1 aliphatic rings. The van der Waals surface area contributed by atoms with E-state index in [1.165, 1.54) is 13.1 Å². The highest BCUT2D eigenvalue weighted by Crippen LogP contribution is 2.18. The van der Waals surface area contributed by atoms with Crippen molar-refractivity contribution in [2.75, 3.05) is 46.3 Å². The number of nitrogens with one attached hydrogen (secondary N) is 1. The molecule has 4 nitrogen and oxygen atoms in total. The standard InChI is InChI=1S/C20H27N3O/c1-22-13-15-23(16-14-22)12-5-4-11-21-20(24)19-10-6-8-17-7-2-3-9-18(17)19/h2-3,6-10H,4-5,11-16H2,1H3,(H,21,24). The summed E-state index contributed by atoms with van der Waals surface area (Å²) in [4.78, 5) is 17.3. The molecular formula is C20H27N3O. The summed E-state index contributed by atoms with van der Waals surface area (Å²) in [5.74, 6) is 0.0337. The van der Waals surface area contributed by atoms with E-state index in [1.54, 1.807) is 0 Å². The van der Waals surface area contributed by atoms with Gasteiger partial charge >= 0.3 is 0 Å². The number of fused-ring (bicyclic) bond motifs is 1. The van der Waals surface area contributed by atoms with E-state index >= 15 is 0 Å². The van der Waals surface area contributed by atoms with Crippen LogP contribution in [0.5, 0.6) is 0 Å². The first-order chi connectivity index (χ1) is 11.7. The van der Waals surface area contributed by atoms with Crippen LogP contribution < -0.4 is 5.32 Å². The van der Waals surface area contributed by atoms with Crippen molar-refractivity contribution >= 4 is 16.7 Å². The molecule has 0 atom stereocenters. The summed E-state index contributed by atoms with van der Waals surface area (Å²) in [6.07, 6.45) is 2.17. The van der Waals surface area contributed by atoms with Crippen LogP contribution in [0.25, 0.3) is 10.8 Å². The molecule has 2 aromatic rings. The molecule has 1 heterocycles. The van der Waals surface area contributed by atoms with E-state index in [0.717, 1.165) is 55.4 Å². The summed E-state index contributed by atoms with van der Waals surface area (Å²) in [6.45, 7) is 6.54. The Morgan fingerprint density at radius 1 is 1.00 bits per heavy atom. The van der Waals surface area contributed by atoms with Gasteiger partial charge in [0.2, 0.25) is 0 Å². The highest BCUT2D eigenvalue weighted by molar-refractivity contribution is 6.06. The van der Waals surface area contributed by atoms with E-state index < -0.39 is 0 Å². The Labute approximate surface area is 144 Å². The van der Waals surface area contributed by atoms with Crippen molar-refractivity contribution in [1.29, 1.82) is 0 Å². The molecule has 0 unspecified atom stereocenters. The summed E-state index contributed by atoms with van der Waals surface area (Å²) in [6, 6.07) is 13.9. The Morgan fingerprint density at radius 3 is 2.58 bits per heavy atom. The van der Waals surface area contributed by atoms with Crippen LogP contribution in [-0.4, -0.2) is 62.0 Å². The molecule has 1 aliphatic heterocycles. The van der Waals surface area contributed by atoms with Crippen LogP contribution in [0.15, 0.2) is 42.5 Å². The van der Waals surface area contributed by atoms with E-state index in [1.807, 2.05) is 42.5 Å². The van der Waals surface area contributed by atoms with Crippen LogP contribution in [0.4, 0.5) is 0 Å². The van der Waals surface area contributed by atoms with Crippen molar-refractivity contribution < 1.29 is 4.79 Å². The molecule has 2 aromatic carbocycles. The van der Waals surface area contributed by atoms with E-state index in [0.29, 0.717) is 0 Å². The maximum absolute atomic E-state index is 12.4. The quantitative estimate of drug-likeness (QED) is 0.829. The van der Waals surface area contributed by atoms with Gasteiger partial charge in [-0.25, -0.2) is 0 Å². The summed E-state index contributed by atoms with van der Waals surface area (Å²) in [5, 5.41) is 5.20. The summed E-state index contributed by atoms with van der Waals surface area (Å²) in [7, 11) is 2.18. The lowest BCUT2D eigenvalue weighted by Gasteiger charge is -2.32. The van der Waals surface area contributed by atoms with Crippen LogP contribution in [0.2, 0.25) is 0 Å². The largest absolute Gasteiger partial charge is 0.352 e. The zero-order chi connectivity index (χ0) is 16.8. The fraction of sp³-hybridized carbons (Fsp3) is 0.450. The lowest BCUT2D eigenvalue weighted by molar-refractivity contribution is 0.0953. The van der Waals surface area contributed by atoms with Gasteiger partial charge in [0.15, 0.2) is 0 Å². The number of nitrogens with zero attached hydrogens (tertiary/aromatic N) is 2.